The Labute approximate surface area is 168 Å². The van der Waals surface area contributed by atoms with Crippen molar-refractivity contribution in [2.24, 2.45) is 0 Å². The minimum absolute atomic E-state index is 0.139. The highest BCUT2D eigenvalue weighted by Crippen LogP contribution is 2.43. The quantitative estimate of drug-likeness (QED) is 0.562. The molecule has 0 saturated carbocycles. The molecule has 0 saturated heterocycles. The van der Waals surface area contributed by atoms with Crippen molar-refractivity contribution in [1.82, 2.24) is 0 Å². The van der Waals surface area contributed by atoms with Crippen LogP contribution in [0.3, 0.4) is 0 Å². The van der Waals surface area contributed by atoms with E-state index < -0.39 is 0 Å². The molecule has 0 aliphatic heterocycles. The predicted molar refractivity (Wildman–Crippen MR) is 110 cm³/mol. The van der Waals surface area contributed by atoms with Gasteiger partial charge in [-0.05, 0) is 24.6 Å². The molecule has 0 aliphatic rings. The Hall–Kier alpha value is -3.35. The second-order valence-electron chi connectivity index (χ2n) is 6.38. The zero-order valence-corrected chi connectivity index (χ0v) is 16.9. The molecule has 1 N–H and O–H groups in total. The van der Waals surface area contributed by atoms with Crippen molar-refractivity contribution in [2.45, 2.75) is 19.8 Å². The molecular formula is C22H24O7. The van der Waals surface area contributed by atoms with Gasteiger partial charge >= 0.3 is 0 Å². The van der Waals surface area contributed by atoms with Crippen LogP contribution in [0.4, 0.5) is 0 Å². The van der Waals surface area contributed by atoms with Crippen LogP contribution in [0.25, 0.3) is 22.3 Å². The number of phenolic OH excluding ortho intramolecular Hbond substituents is 1. The number of hydrogen-bond donors (Lipinski definition) is 1. The number of aromatic hydroxyl groups is 1. The van der Waals surface area contributed by atoms with Crippen LogP contribution in [-0.2, 0) is 0 Å². The molecule has 2 aromatic carbocycles. The zero-order valence-electron chi connectivity index (χ0n) is 16.9. The zero-order chi connectivity index (χ0) is 21.0. The van der Waals surface area contributed by atoms with Crippen LogP contribution in [-0.4, -0.2) is 33.0 Å². The molecule has 0 fully saturated rings. The van der Waals surface area contributed by atoms with E-state index in [0.717, 1.165) is 12.8 Å². The maximum absolute atomic E-state index is 12.9. The minimum Gasteiger partial charge on any atom is -0.504 e. The second-order valence-corrected chi connectivity index (χ2v) is 6.38. The van der Waals surface area contributed by atoms with Crippen molar-refractivity contribution in [3.8, 4) is 40.1 Å². The standard InChI is InChI=1S/C22H24O7/c1-5-6-9-28-21-15(24)12-19-20(22(21)27-4)14(23)11-17(29-19)13-7-8-16(25-2)18(10-13)26-3/h7-8,10-12,24H,5-6,9H2,1-4H3. The highest BCUT2D eigenvalue weighted by molar-refractivity contribution is 5.90. The summed E-state index contributed by atoms with van der Waals surface area (Å²) in [5.74, 6) is 1.53. The predicted octanol–water partition coefficient (Wildman–Crippen LogP) is 4.37. The summed E-state index contributed by atoms with van der Waals surface area (Å²) in [7, 11) is 4.49. The van der Waals surface area contributed by atoms with Gasteiger partial charge in [0.05, 0.1) is 27.9 Å². The molecule has 7 heteroatoms. The molecule has 1 aromatic heterocycles. The van der Waals surface area contributed by atoms with Crippen LogP contribution >= 0.6 is 0 Å². The lowest BCUT2D eigenvalue weighted by atomic mass is 10.1. The van der Waals surface area contributed by atoms with Gasteiger partial charge in [0.1, 0.15) is 16.7 Å². The Morgan fingerprint density at radius 1 is 0.966 bits per heavy atom. The number of phenols is 1. The number of hydrogen-bond acceptors (Lipinski definition) is 7. The van der Waals surface area contributed by atoms with E-state index >= 15 is 0 Å². The first kappa shape index (κ1) is 20.4. The monoisotopic (exact) mass is 400 g/mol. The number of rotatable bonds is 8. The van der Waals surface area contributed by atoms with Crippen molar-refractivity contribution < 1.29 is 28.5 Å². The van der Waals surface area contributed by atoms with E-state index in [4.69, 9.17) is 23.4 Å². The summed E-state index contributed by atoms with van der Waals surface area (Å²) in [6.45, 7) is 2.44. The average molecular weight is 400 g/mol. The molecule has 3 rings (SSSR count). The summed E-state index contributed by atoms with van der Waals surface area (Å²) in [5.41, 5.74) is 0.510. The average Bonchev–Trinajstić information content (AvgIpc) is 2.73. The molecule has 154 valence electrons. The summed E-state index contributed by atoms with van der Waals surface area (Å²) in [6, 6.07) is 7.93. The molecule has 3 aromatic rings. The van der Waals surface area contributed by atoms with Crippen molar-refractivity contribution in [1.29, 1.82) is 0 Å². The van der Waals surface area contributed by atoms with Crippen LogP contribution in [0.5, 0.6) is 28.7 Å². The Bertz CT molecular complexity index is 1070. The second kappa shape index (κ2) is 8.77. The first-order valence-electron chi connectivity index (χ1n) is 9.27. The van der Waals surface area contributed by atoms with Gasteiger partial charge < -0.3 is 28.5 Å². The van der Waals surface area contributed by atoms with Crippen molar-refractivity contribution in [2.75, 3.05) is 27.9 Å². The lowest BCUT2D eigenvalue weighted by Crippen LogP contribution is -2.06. The number of unbranched alkanes of at least 4 members (excludes halogenated alkanes) is 1. The molecule has 0 aliphatic carbocycles. The van der Waals surface area contributed by atoms with Crippen LogP contribution in [0.1, 0.15) is 19.8 Å². The first-order valence-corrected chi connectivity index (χ1v) is 9.27. The van der Waals surface area contributed by atoms with Gasteiger partial charge in [-0.2, -0.15) is 0 Å². The van der Waals surface area contributed by atoms with Crippen LogP contribution < -0.4 is 24.4 Å². The summed E-state index contributed by atoms with van der Waals surface area (Å²) in [6.07, 6.45) is 1.75. The van der Waals surface area contributed by atoms with Crippen molar-refractivity contribution in [3.05, 3.63) is 40.6 Å². The fraction of sp³-hybridized carbons (Fsp3) is 0.318. The Kier molecular flexibility index (Phi) is 6.16. The SMILES string of the molecule is CCCCOc1c(O)cc2oc(-c3ccc(OC)c(OC)c3)cc(=O)c2c1OC. The van der Waals surface area contributed by atoms with Gasteiger partial charge in [-0.25, -0.2) is 0 Å². The van der Waals surface area contributed by atoms with E-state index in [9.17, 15) is 9.90 Å². The molecule has 29 heavy (non-hydrogen) atoms. The van der Waals surface area contributed by atoms with Crippen LogP contribution in [0.15, 0.2) is 39.5 Å². The molecule has 0 unspecified atom stereocenters. The van der Waals surface area contributed by atoms with E-state index in [-0.39, 0.29) is 33.6 Å². The Morgan fingerprint density at radius 2 is 1.72 bits per heavy atom. The summed E-state index contributed by atoms with van der Waals surface area (Å²) in [5, 5.41) is 10.6. The van der Waals surface area contributed by atoms with Gasteiger partial charge in [0, 0.05) is 17.7 Å². The molecule has 0 amide bonds. The minimum atomic E-state index is -0.312. The van der Waals surface area contributed by atoms with Gasteiger partial charge in [-0.3, -0.25) is 4.79 Å². The summed E-state index contributed by atoms with van der Waals surface area (Å²) < 4.78 is 27.5. The summed E-state index contributed by atoms with van der Waals surface area (Å²) in [4.78, 5) is 12.9. The molecule has 7 nitrogen and oxygen atoms in total. The molecule has 0 atom stereocenters. The fourth-order valence-corrected chi connectivity index (χ4v) is 3.04. The first-order chi connectivity index (χ1) is 14.0. The van der Waals surface area contributed by atoms with Gasteiger partial charge in [0.15, 0.2) is 28.4 Å². The van der Waals surface area contributed by atoms with Crippen LogP contribution in [0, 0.1) is 0 Å². The van der Waals surface area contributed by atoms with Crippen molar-refractivity contribution in [3.63, 3.8) is 0 Å². The smallest absolute Gasteiger partial charge is 0.204 e. The van der Waals surface area contributed by atoms with E-state index in [2.05, 4.69) is 0 Å². The number of methoxy groups -OCH3 is 3. The summed E-state index contributed by atoms with van der Waals surface area (Å²) >= 11 is 0. The van der Waals surface area contributed by atoms with Crippen molar-refractivity contribution >= 4 is 11.0 Å². The molecular weight excluding hydrogens is 376 g/mol. The molecule has 0 bridgehead atoms. The van der Waals surface area contributed by atoms with E-state index in [1.807, 2.05) is 6.92 Å². The fourth-order valence-electron chi connectivity index (χ4n) is 3.04. The maximum atomic E-state index is 12.9. The number of fused-ring (bicyclic) bond motifs is 1. The van der Waals surface area contributed by atoms with Gasteiger partial charge in [-0.1, -0.05) is 13.3 Å². The maximum Gasteiger partial charge on any atom is 0.204 e. The van der Waals surface area contributed by atoms with Crippen LogP contribution in [0.2, 0.25) is 0 Å². The number of ether oxygens (including phenoxy) is 4. The van der Waals surface area contributed by atoms with Gasteiger partial charge in [0.2, 0.25) is 5.75 Å². The molecule has 1 heterocycles. The lowest BCUT2D eigenvalue weighted by molar-refractivity contribution is 0.274. The highest BCUT2D eigenvalue weighted by atomic mass is 16.5. The van der Waals surface area contributed by atoms with E-state index in [1.165, 1.54) is 26.4 Å². The highest BCUT2D eigenvalue weighted by Gasteiger charge is 2.21. The third-order valence-electron chi connectivity index (χ3n) is 4.53. The molecule has 0 spiro atoms. The number of benzene rings is 2. The largest absolute Gasteiger partial charge is 0.504 e. The Balaban J connectivity index is 2.15. The third kappa shape index (κ3) is 3.94. The molecule has 0 radical (unpaired) electrons. The van der Waals surface area contributed by atoms with Gasteiger partial charge in [0.25, 0.3) is 0 Å². The Morgan fingerprint density at radius 3 is 2.38 bits per heavy atom. The third-order valence-corrected chi connectivity index (χ3v) is 4.53. The normalized spacial score (nSPS) is 10.8. The van der Waals surface area contributed by atoms with E-state index in [1.54, 1.807) is 25.3 Å². The van der Waals surface area contributed by atoms with E-state index in [0.29, 0.717) is 29.4 Å². The van der Waals surface area contributed by atoms with Gasteiger partial charge in [-0.15, -0.1) is 0 Å². The topological polar surface area (TPSA) is 87.4 Å². The lowest BCUT2D eigenvalue weighted by Gasteiger charge is -2.14.